The SMILES string of the molecule is CCOP(=O)(OCC)C(C)CC(NN1CCN(C)CC1)P(=O)(OCC)OCC. The highest BCUT2D eigenvalue weighted by Gasteiger charge is 2.42. The fourth-order valence-corrected chi connectivity index (χ4v) is 7.05. The van der Waals surface area contributed by atoms with Crippen molar-refractivity contribution in [1.29, 1.82) is 0 Å². The van der Waals surface area contributed by atoms with Gasteiger partial charge in [-0.25, -0.2) is 10.4 Å². The number of hydrogen-bond acceptors (Lipinski definition) is 9. The molecular formula is C17H39N3O6P2. The zero-order chi connectivity index (χ0) is 21.2. The van der Waals surface area contributed by atoms with Crippen molar-refractivity contribution in [2.75, 3.05) is 59.7 Å². The molecule has 1 N–H and O–H groups in total. The Bertz CT molecular complexity index is 511. The lowest BCUT2D eigenvalue weighted by Gasteiger charge is -2.38. The van der Waals surface area contributed by atoms with Crippen LogP contribution < -0.4 is 5.43 Å². The number of likely N-dealkylation sites (N-methyl/N-ethyl adjacent to an activating group) is 1. The molecule has 1 aliphatic heterocycles. The van der Waals surface area contributed by atoms with Crippen LogP contribution in [0.1, 0.15) is 41.0 Å². The molecule has 0 aromatic heterocycles. The third kappa shape index (κ3) is 7.78. The van der Waals surface area contributed by atoms with Gasteiger partial charge in [0, 0.05) is 26.2 Å². The van der Waals surface area contributed by atoms with Crippen LogP contribution in [0.3, 0.4) is 0 Å². The number of rotatable bonds is 14. The van der Waals surface area contributed by atoms with Crippen molar-refractivity contribution in [1.82, 2.24) is 15.3 Å². The average Bonchev–Trinajstić information content (AvgIpc) is 2.63. The molecule has 0 amide bonds. The Kier molecular flexibility index (Phi) is 12.0. The summed E-state index contributed by atoms with van der Waals surface area (Å²) in [5, 5.41) is 2.04. The zero-order valence-corrected chi connectivity index (χ0v) is 20.0. The van der Waals surface area contributed by atoms with Gasteiger partial charge in [-0.3, -0.25) is 9.13 Å². The average molecular weight is 443 g/mol. The fourth-order valence-electron chi connectivity index (χ4n) is 3.08. The number of nitrogens with zero attached hydrogens (tertiary/aromatic N) is 2. The van der Waals surface area contributed by atoms with Gasteiger partial charge < -0.3 is 23.0 Å². The second-order valence-corrected chi connectivity index (χ2v) is 11.5. The predicted octanol–water partition coefficient (Wildman–Crippen LogP) is 3.38. The molecule has 11 heteroatoms. The van der Waals surface area contributed by atoms with E-state index in [9.17, 15) is 9.13 Å². The molecule has 28 heavy (non-hydrogen) atoms. The molecule has 1 fully saturated rings. The minimum absolute atomic E-state index is 0.265. The van der Waals surface area contributed by atoms with Crippen molar-refractivity contribution in [3.63, 3.8) is 0 Å². The largest absolute Gasteiger partial charge is 0.348 e. The summed E-state index contributed by atoms with van der Waals surface area (Å²) in [5.41, 5.74) is 2.87. The second-order valence-electron chi connectivity index (χ2n) is 6.77. The fraction of sp³-hybridized carbons (Fsp3) is 1.00. The second kappa shape index (κ2) is 12.8. The molecule has 1 heterocycles. The molecular weight excluding hydrogens is 404 g/mol. The maximum absolute atomic E-state index is 13.5. The Morgan fingerprint density at radius 1 is 0.821 bits per heavy atom. The highest BCUT2D eigenvalue weighted by Crippen LogP contribution is 2.59. The van der Waals surface area contributed by atoms with E-state index in [4.69, 9.17) is 18.1 Å². The van der Waals surface area contributed by atoms with Crippen LogP contribution in [0.5, 0.6) is 0 Å². The van der Waals surface area contributed by atoms with E-state index in [1.807, 2.05) is 5.01 Å². The minimum atomic E-state index is -3.47. The maximum Gasteiger partial charge on any atom is 0.348 e. The summed E-state index contributed by atoms with van der Waals surface area (Å²) >= 11 is 0. The van der Waals surface area contributed by atoms with Crippen LogP contribution in [0, 0.1) is 0 Å². The van der Waals surface area contributed by atoms with Gasteiger partial charge in [-0.2, -0.15) is 0 Å². The lowest BCUT2D eigenvalue weighted by molar-refractivity contribution is 0.0873. The molecule has 0 saturated carbocycles. The quantitative estimate of drug-likeness (QED) is 0.406. The molecule has 0 radical (unpaired) electrons. The maximum atomic E-state index is 13.5. The monoisotopic (exact) mass is 443 g/mol. The van der Waals surface area contributed by atoms with Crippen molar-refractivity contribution in [3.05, 3.63) is 0 Å². The van der Waals surface area contributed by atoms with Gasteiger partial charge in [-0.05, 0) is 41.2 Å². The lowest BCUT2D eigenvalue weighted by atomic mass is 10.3. The van der Waals surface area contributed by atoms with Crippen LogP contribution in [0.2, 0.25) is 0 Å². The van der Waals surface area contributed by atoms with Gasteiger partial charge >= 0.3 is 15.2 Å². The Labute approximate surface area is 170 Å². The summed E-state index contributed by atoms with van der Waals surface area (Å²) in [6, 6.07) is 0. The van der Waals surface area contributed by atoms with Gasteiger partial charge in [-0.1, -0.05) is 6.92 Å². The van der Waals surface area contributed by atoms with Gasteiger partial charge in [0.1, 0.15) is 5.78 Å². The molecule has 9 nitrogen and oxygen atoms in total. The molecule has 0 aliphatic carbocycles. The molecule has 168 valence electrons. The van der Waals surface area contributed by atoms with E-state index in [0.717, 1.165) is 26.2 Å². The minimum Gasteiger partial charge on any atom is -0.309 e. The number of piperazine rings is 1. The number of nitrogens with one attached hydrogen (secondary N) is 1. The predicted molar refractivity (Wildman–Crippen MR) is 112 cm³/mol. The van der Waals surface area contributed by atoms with Gasteiger partial charge in [0.2, 0.25) is 0 Å². The van der Waals surface area contributed by atoms with E-state index >= 15 is 0 Å². The summed E-state index contributed by atoms with van der Waals surface area (Å²) < 4.78 is 48.8. The normalized spacial score (nSPS) is 19.6. The molecule has 1 saturated heterocycles. The highest BCUT2D eigenvalue weighted by molar-refractivity contribution is 7.55. The summed E-state index contributed by atoms with van der Waals surface area (Å²) in [6.45, 7) is 13.4. The summed E-state index contributed by atoms with van der Waals surface area (Å²) in [5.74, 6) is -0.639. The Balaban J connectivity index is 3.04. The van der Waals surface area contributed by atoms with Crippen LogP contribution in [-0.2, 0) is 27.2 Å². The smallest absolute Gasteiger partial charge is 0.309 e. The van der Waals surface area contributed by atoms with Crippen molar-refractivity contribution in [2.45, 2.75) is 52.5 Å². The van der Waals surface area contributed by atoms with E-state index in [-0.39, 0.29) is 32.8 Å². The first kappa shape index (κ1) is 26.2. The Hall–Kier alpha value is 0.180. The van der Waals surface area contributed by atoms with Gasteiger partial charge in [0.05, 0.1) is 32.1 Å². The van der Waals surface area contributed by atoms with Crippen molar-refractivity contribution in [3.8, 4) is 0 Å². The summed E-state index contributed by atoms with van der Waals surface area (Å²) in [7, 11) is -4.73. The first-order chi connectivity index (χ1) is 13.2. The summed E-state index contributed by atoms with van der Waals surface area (Å²) in [6.07, 6.45) is 0.279. The topological polar surface area (TPSA) is 89.6 Å². The standard InChI is InChI=1S/C17H39N3O6P2/c1-7-23-27(21,24-8-2)16(5)15-17(28(22,25-9-3)26-10-4)18-20-13-11-19(6)12-14-20/h16-18H,7-15H2,1-6H3. The van der Waals surface area contributed by atoms with E-state index in [0.29, 0.717) is 0 Å². The van der Waals surface area contributed by atoms with Crippen LogP contribution in [0.25, 0.3) is 0 Å². The lowest BCUT2D eigenvalue weighted by Crippen LogP contribution is -2.54. The molecule has 0 bridgehead atoms. The van der Waals surface area contributed by atoms with Gasteiger partial charge in [0.15, 0.2) is 0 Å². The molecule has 1 aliphatic rings. The number of hydrazine groups is 1. The highest BCUT2D eigenvalue weighted by atomic mass is 31.2. The third-order valence-electron chi connectivity index (χ3n) is 4.56. The molecule has 1 rings (SSSR count). The first-order valence-electron chi connectivity index (χ1n) is 10.2. The van der Waals surface area contributed by atoms with Crippen LogP contribution in [-0.4, -0.2) is 81.0 Å². The van der Waals surface area contributed by atoms with E-state index in [1.54, 1.807) is 34.6 Å². The Morgan fingerprint density at radius 3 is 1.68 bits per heavy atom. The number of hydrogen-bond donors (Lipinski definition) is 1. The molecule has 0 aromatic rings. The zero-order valence-electron chi connectivity index (χ0n) is 18.3. The molecule has 2 unspecified atom stereocenters. The van der Waals surface area contributed by atoms with Crippen molar-refractivity contribution < 1.29 is 27.2 Å². The van der Waals surface area contributed by atoms with Crippen LogP contribution in [0.15, 0.2) is 0 Å². The molecule has 2 atom stereocenters. The first-order valence-corrected chi connectivity index (χ1v) is 13.4. The summed E-state index contributed by atoms with van der Waals surface area (Å²) in [4.78, 5) is 2.23. The van der Waals surface area contributed by atoms with Crippen molar-refractivity contribution in [2.24, 2.45) is 0 Å². The third-order valence-corrected chi connectivity index (χ3v) is 9.41. The van der Waals surface area contributed by atoms with Gasteiger partial charge in [0.25, 0.3) is 0 Å². The van der Waals surface area contributed by atoms with Crippen LogP contribution >= 0.6 is 15.2 Å². The molecule has 0 aromatic carbocycles. The van der Waals surface area contributed by atoms with Crippen LogP contribution in [0.4, 0.5) is 0 Å². The Morgan fingerprint density at radius 2 is 1.25 bits per heavy atom. The van der Waals surface area contributed by atoms with Crippen molar-refractivity contribution >= 4 is 15.2 Å². The molecule has 0 spiro atoms. The van der Waals surface area contributed by atoms with E-state index < -0.39 is 26.6 Å². The van der Waals surface area contributed by atoms with Gasteiger partial charge in [-0.15, -0.1) is 0 Å². The van der Waals surface area contributed by atoms with E-state index in [1.165, 1.54) is 0 Å². The van der Waals surface area contributed by atoms with E-state index in [2.05, 4.69) is 17.4 Å².